The fourth-order valence-corrected chi connectivity index (χ4v) is 1.18. The summed E-state index contributed by atoms with van der Waals surface area (Å²) in [4.78, 5) is 21.7. The highest BCUT2D eigenvalue weighted by molar-refractivity contribution is 6.00. The first-order valence-corrected chi connectivity index (χ1v) is 4.48. The van der Waals surface area contributed by atoms with Crippen LogP contribution in [0.3, 0.4) is 0 Å². The Bertz CT molecular complexity index is 417. The molecule has 0 fully saturated rings. The molecule has 1 rings (SSSR count). The molecule has 0 saturated heterocycles. The third-order valence-corrected chi connectivity index (χ3v) is 1.85. The lowest BCUT2D eigenvalue weighted by atomic mass is 10.2. The number of carboxylic acid groups (broad SMARTS) is 1. The van der Waals surface area contributed by atoms with Crippen molar-refractivity contribution in [3.05, 3.63) is 30.3 Å². The monoisotopic (exact) mass is 247 g/mol. The van der Waals surface area contributed by atoms with E-state index in [0.717, 1.165) is 0 Å². The number of anilines is 1. The second-order valence-electron chi connectivity index (χ2n) is 3.12. The number of aliphatic carboxylic acids is 1. The van der Waals surface area contributed by atoms with Gasteiger partial charge in [0.15, 0.2) is 0 Å². The van der Waals surface area contributed by atoms with Crippen molar-refractivity contribution in [2.45, 2.75) is 6.18 Å². The Morgan fingerprint density at radius 3 is 2.12 bits per heavy atom. The lowest BCUT2D eigenvalue weighted by Gasteiger charge is -2.21. The van der Waals surface area contributed by atoms with Gasteiger partial charge in [0.05, 0.1) is 0 Å². The van der Waals surface area contributed by atoms with Crippen molar-refractivity contribution in [2.75, 3.05) is 11.4 Å². The van der Waals surface area contributed by atoms with Crippen molar-refractivity contribution in [2.24, 2.45) is 0 Å². The van der Waals surface area contributed by atoms with Crippen molar-refractivity contribution < 1.29 is 27.9 Å². The zero-order chi connectivity index (χ0) is 13.1. The fraction of sp³-hybridized carbons (Fsp3) is 0.200. The van der Waals surface area contributed by atoms with Crippen molar-refractivity contribution in [1.82, 2.24) is 0 Å². The van der Waals surface area contributed by atoms with E-state index < -0.39 is 24.6 Å². The lowest BCUT2D eigenvalue weighted by molar-refractivity contribution is -0.170. The minimum atomic E-state index is -5.11. The number of alkyl halides is 3. The van der Waals surface area contributed by atoms with E-state index in [9.17, 15) is 22.8 Å². The molecule has 0 saturated carbocycles. The summed E-state index contributed by atoms with van der Waals surface area (Å²) in [5.41, 5.74) is -0.114. The van der Waals surface area contributed by atoms with Crippen LogP contribution in [0.15, 0.2) is 30.3 Å². The van der Waals surface area contributed by atoms with E-state index in [0.29, 0.717) is 0 Å². The van der Waals surface area contributed by atoms with Crippen LogP contribution in [-0.4, -0.2) is 29.7 Å². The lowest BCUT2D eigenvalue weighted by Crippen LogP contribution is -2.44. The van der Waals surface area contributed by atoms with Crippen LogP contribution in [0.5, 0.6) is 0 Å². The van der Waals surface area contributed by atoms with Gasteiger partial charge in [-0.3, -0.25) is 14.5 Å². The predicted octanol–water partition coefficient (Wildman–Crippen LogP) is 1.67. The molecule has 1 N–H and O–H groups in total. The maximum Gasteiger partial charge on any atom is 0.471 e. The van der Waals surface area contributed by atoms with Crippen LogP contribution < -0.4 is 4.90 Å². The minimum Gasteiger partial charge on any atom is -0.480 e. The molecule has 0 spiro atoms. The SMILES string of the molecule is O=C(O)CN(C(=O)C(F)(F)F)c1ccccc1. The van der Waals surface area contributed by atoms with E-state index in [1.165, 1.54) is 24.3 Å². The van der Waals surface area contributed by atoms with Crippen LogP contribution >= 0.6 is 0 Å². The molecule has 0 unspecified atom stereocenters. The van der Waals surface area contributed by atoms with E-state index in [2.05, 4.69) is 0 Å². The summed E-state index contributed by atoms with van der Waals surface area (Å²) in [5, 5.41) is 8.50. The molecule has 17 heavy (non-hydrogen) atoms. The quantitative estimate of drug-likeness (QED) is 0.883. The number of benzene rings is 1. The van der Waals surface area contributed by atoms with Crippen LogP contribution in [-0.2, 0) is 9.59 Å². The Morgan fingerprint density at radius 1 is 1.18 bits per heavy atom. The molecule has 0 bridgehead atoms. The molecular formula is C10H8F3NO3. The van der Waals surface area contributed by atoms with Gasteiger partial charge in [-0.1, -0.05) is 18.2 Å². The molecule has 0 radical (unpaired) electrons. The topological polar surface area (TPSA) is 57.6 Å². The number of carboxylic acids is 1. The molecule has 4 nitrogen and oxygen atoms in total. The number of para-hydroxylation sites is 1. The maximum atomic E-state index is 12.3. The number of carbonyl (C=O) groups is 2. The van der Waals surface area contributed by atoms with Crippen LogP contribution in [0.2, 0.25) is 0 Å². The first-order valence-electron chi connectivity index (χ1n) is 4.48. The summed E-state index contributed by atoms with van der Waals surface area (Å²) in [6, 6.07) is 6.82. The van der Waals surface area contributed by atoms with E-state index >= 15 is 0 Å². The Morgan fingerprint density at radius 2 is 1.71 bits per heavy atom. The van der Waals surface area contributed by atoms with Crippen molar-refractivity contribution >= 4 is 17.6 Å². The minimum absolute atomic E-state index is 0.114. The van der Waals surface area contributed by atoms with Crippen molar-refractivity contribution in [3.8, 4) is 0 Å². The molecule has 7 heteroatoms. The zero-order valence-corrected chi connectivity index (χ0v) is 8.44. The molecule has 1 aromatic carbocycles. The molecular weight excluding hydrogens is 239 g/mol. The highest BCUT2D eigenvalue weighted by Gasteiger charge is 2.43. The van der Waals surface area contributed by atoms with Gasteiger partial charge in [-0.05, 0) is 12.1 Å². The molecule has 0 aliphatic heterocycles. The molecule has 1 aromatic rings. The van der Waals surface area contributed by atoms with Gasteiger partial charge in [0.2, 0.25) is 0 Å². The molecule has 0 aliphatic rings. The Hall–Kier alpha value is -2.05. The number of halogens is 3. The van der Waals surface area contributed by atoms with E-state index in [4.69, 9.17) is 5.11 Å². The van der Waals surface area contributed by atoms with Gasteiger partial charge in [0, 0.05) is 5.69 Å². The molecule has 0 atom stereocenters. The Balaban J connectivity index is 3.05. The van der Waals surface area contributed by atoms with E-state index in [1.807, 2.05) is 0 Å². The molecule has 92 valence electrons. The van der Waals surface area contributed by atoms with Gasteiger partial charge in [-0.2, -0.15) is 13.2 Å². The van der Waals surface area contributed by atoms with E-state index in [1.54, 1.807) is 6.07 Å². The molecule has 0 aromatic heterocycles. The third-order valence-electron chi connectivity index (χ3n) is 1.85. The van der Waals surface area contributed by atoms with Gasteiger partial charge in [-0.15, -0.1) is 0 Å². The first kappa shape index (κ1) is 13.0. The summed E-state index contributed by atoms with van der Waals surface area (Å²) >= 11 is 0. The number of hydrogen-bond donors (Lipinski definition) is 1. The summed E-state index contributed by atoms with van der Waals surface area (Å²) in [6.45, 7) is -1.04. The smallest absolute Gasteiger partial charge is 0.471 e. The number of hydrogen-bond acceptors (Lipinski definition) is 2. The van der Waals surface area contributed by atoms with Gasteiger partial charge >= 0.3 is 18.1 Å². The van der Waals surface area contributed by atoms with Crippen LogP contribution in [0.25, 0.3) is 0 Å². The number of rotatable bonds is 3. The number of carbonyl (C=O) groups excluding carboxylic acids is 1. The summed E-state index contributed by atoms with van der Waals surface area (Å²) < 4.78 is 36.8. The Kier molecular flexibility index (Phi) is 3.72. The molecule has 1 amide bonds. The van der Waals surface area contributed by atoms with Gasteiger partial charge in [-0.25, -0.2) is 0 Å². The van der Waals surface area contributed by atoms with Crippen molar-refractivity contribution in [3.63, 3.8) is 0 Å². The highest BCUT2D eigenvalue weighted by atomic mass is 19.4. The predicted molar refractivity (Wildman–Crippen MR) is 52.5 cm³/mol. The summed E-state index contributed by atoms with van der Waals surface area (Å²) in [6.07, 6.45) is -5.11. The van der Waals surface area contributed by atoms with E-state index in [-0.39, 0.29) is 10.6 Å². The van der Waals surface area contributed by atoms with Crippen LogP contribution in [0.1, 0.15) is 0 Å². The van der Waals surface area contributed by atoms with Gasteiger partial charge < -0.3 is 5.11 Å². The first-order chi connectivity index (χ1) is 7.82. The normalized spacial score (nSPS) is 11.0. The van der Waals surface area contributed by atoms with Crippen molar-refractivity contribution in [1.29, 1.82) is 0 Å². The third kappa shape index (κ3) is 3.47. The molecule has 0 heterocycles. The van der Waals surface area contributed by atoms with Gasteiger partial charge in [0.1, 0.15) is 6.54 Å². The van der Waals surface area contributed by atoms with Gasteiger partial charge in [0.25, 0.3) is 0 Å². The fourth-order valence-electron chi connectivity index (χ4n) is 1.18. The Labute approximate surface area is 94.3 Å². The average Bonchev–Trinajstić information content (AvgIpc) is 2.24. The highest BCUT2D eigenvalue weighted by Crippen LogP contribution is 2.23. The van der Waals surface area contributed by atoms with Crippen LogP contribution in [0.4, 0.5) is 18.9 Å². The maximum absolute atomic E-state index is 12.3. The number of amides is 1. The summed E-state index contributed by atoms with van der Waals surface area (Å²) in [7, 11) is 0. The standard InChI is InChI=1S/C10H8F3NO3/c11-10(12,13)9(17)14(6-8(15)16)7-4-2-1-3-5-7/h1-5H,6H2,(H,15,16). The molecule has 0 aliphatic carbocycles. The summed E-state index contributed by atoms with van der Waals surface area (Å²) in [5.74, 6) is -3.72. The second kappa shape index (κ2) is 4.86. The largest absolute Gasteiger partial charge is 0.480 e. The number of nitrogens with zero attached hydrogens (tertiary/aromatic N) is 1. The second-order valence-corrected chi connectivity index (χ2v) is 3.12. The van der Waals surface area contributed by atoms with Crippen LogP contribution in [0, 0.1) is 0 Å². The average molecular weight is 247 g/mol. The zero-order valence-electron chi connectivity index (χ0n) is 8.44.